The number of hydrogen-bond donors (Lipinski definition) is 0. The van der Waals surface area contributed by atoms with Gasteiger partial charge in [0, 0.05) is 20.7 Å². The number of rotatable bonds is 1. The second-order valence-corrected chi connectivity index (χ2v) is 4.21. The number of benzene rings is 1. The van der Waals surface area contributed by atoms with Crippen LogP contribution in [0.3, 0.4) is 0 Å². The molecule has 0 fully saturated rings. The van der Waals surface area contributed by atoms with E-state index in [-0.39, 0.29) is 0 Å². The highest BCUT2D eigenvalue weighted by Crippen LogP contribution is 2.25. The first-order valence-corrected chi connectivity index (χ1v) is 5.44. The smallest absolute Gasteiger partial charge is 0.0485 e. The second-order valence-electron chi connectivity index (χ2n) is 2.39. The van der Waals surface area contributed by atoms with Gasteiger partial charge in [-0.3, -0.25) is 0 Å². The van der Waals surface area contributed by atoms with Gasteiger partial charge in [0.25, 0.3) is 0 Å². The fraction of sp³-hybridized carbons (Fsp3) is 0. The fourth-order valence-corrected chi connectivity index (χ4v) is 2.27. The third-order valence-electron chi connectivity index (χ3n) is 1.62. The lowest BCUT2D eigenvalue weighted by Crippen LogP contribution is -1.77. The van der Waals surface area contributed by atoms with Crippen LogP contribution in [0.1, 0.15) is 0 Å². The van der Waals surface area contributed by atoms with E-state index in [2.05, 4.69) is 50.5 Å². The number of hydrogen-bond acceptors (Lipinski definition) is 2. The molecule has 1 aromatic heterocycles. The summed E-state index contributed by atoms with van der Waals surface area (Å²) >= 11 is 3.83. The Hall–Kier alpha value is -0.420. The molecule has 0 atom stereocenters. The average molecular weight is 287 g/mol. The highest BCUT2D eigenvalue weighted by atomic mass is 127. The predicted molar refractivity (Wildman–Crippen MR) is 60.3 cm³/mol. The summed E-state index contributed by atoms with van der Waals surface area (Å²) < 4.78 is 5.35. The standard InChI is InChI=1S/C9H6INS/c10-9-4-2-1-3-8(9)7-5-11-12-6-7/h1-6H. The molecule has 0 aliphatic heterocycles. The molecule has 0 saturated carbocycles. The van der Waals surface area contributed by atoms with E-state index < -0.39 is 0 Å². The molecule has 2 aromatic rings. The predicted octanol–water partition coefficient (Wildman–Crippen LogP) is 3.41. The minimum absolute atomic E-state index is 1.21. The Morgan fingerprint density at radius 1 is 1.25 bits per heavy atom. The highest BCUT2D eigenvalue weighted by Gasteiger charge is 2.01. The van der Waals surface area contributed by atoms with E-state index in [1.807, 2.05) is 12.3 Å². The van der Waals surface area contributed by atoms with Crippen LogP contribution in [0.25, 0.3) is 11.1 Å². The maximum Gasteiger partial charge on any atom is 0.0485 e. The summed E-state index contributed by atoms with van der Waals surface area (Å²) in [5.41, 5.74) is 2.48. The van der Waals surface area contributed by atoms with Crippen LogP contribution in [0.5, 0.6) is 0 Å². The molecular formula is C9H6INS. The number of halogens is 1. The summed E-state index contributed by atoms with van der Waals surface area (Å²) in [6.45, 7) is 0. The molecule has 60 valence electrons. The van der Waals surface area contributed by atoms with Crippen molar-refractivity contribution in [2.75, 3.05) is 0 Å². The molecule has 0 aliphatic rings. The SMILES string of the molecule is Ic1ccccc1-c1cnsc1. The van der Waals surface area contributed by atoms with Crippen LogP contribution in [-0.4, -0.2) is 4.37 Å². The minimum atomic E-state index is 1.21. The zero-order valence-corrected chi connectivity index (χ0v) is 9.17. The Bertz CT molecular complexity index is 370. The Balaban J connectivity index is 2.55. The average Bonchev–Trinajstić information content (AvgIpc) is 2.57. The molecule has 0 saturated heterocycles. The molecule has 1 heterocycles. The maximum atomic E-state index is 4.08. The van der Waals surface area contributed by atoms with Gasteiger partial charge < -0.3 is 0 Å². The van der Waals surface area contributed by atoms with Crippen LogP contribution < -0.4 is 0 Å². The van der Waals surface area contributed by atoms with Crippen molar-refractivity contribution in [1.82, 2.24) is 4.37 Å². The minimum Gasteiger partial charge on any atom is -0.201 e. The highest BCUT2D eigenvalue weighted by molar-refractivity contribution is 14.1. The van der Waals surface area contributed by atoms with Crippen LogP contribution in [0, 0.1) is 3.57 Å². The summed E-state index contributed by atoms with van der Waals surface area (Å²) in [6, 6.07) is 8.32. The zero-order chi connectivity index (χ0) is 8.39. The van der Waals surface area contributed by atoms with E-state index in [1.54, 1.807) is 0 Å². The molecular weight excluding hydrogens is 281 g/mol. The number of aromatic nitrogens is 1. The molecule has 0 spiro atoms. The van der Waals surface area contributed by atoms with Crippen molar-refractivity contribution in [3.8, 4) is 11.1 Å². The van der Waals surface area contributed by atoms with Gasteiger partial charge in [-0.05, 0) is 45.8 Å². The first kappa shape index (κ1) is 8.19. The molecule has 1 nitrogen and oxygen atoms in total. The summed E-state index contributed by atoms with van der Waals surface area (Å²) in [5, 5.41) is 2.07. The van der Waals surface area contributed by atoms with Gasteiger partial charge in [0.1, 0.15) is 0 Å². The van der Waals surface area contributed by atoms with Crippen molar-refractivity contribution in [2.45, 2.75) is 0 Å². The first-order valence-electron chi connectivity index (χ1n) is 3.52. The van der Waals surface area contributed by atoms with E-state index >= 15 is 0 Å². The molecule has 0 bridgehead atoms. The Morgan fingerprint density at radius 2 is 2.08 bits per heavy atom. The Labute approximate surface area is 88.8 Å². The summed E-state index contributed by atoms with van der Waals surface area (Å²) in [7, 11) is 0. The van der Waals surface area contributed by atoms with Gasteiger partial charge in [-0.15, -0.1) is 0 Å². The lowest BCUT2D eigenvalue weighted by atomic mass is 10.1. The van der Waals surface area contributed by atoms with Gasteiger partial charge in [0.15, 0.2) is 0 Å². The van der Waals surface area contributed by atoms with Crippen LogP contribution >= 0.6 is 34.1 Å². The topological polar surface area (TPSA) is 12.9 Å². The Kier molecular flexibility index (Phi) is 2.41. The molecule has 12 heavy (non-hydrogen) atoms. The van der Waals surface area contributed by atoms with Crippen LogP contribution in [0.4, 0.5) is 0 Å². The van der Waals surface area contributed by atoms with Crippen molar-refractivity contribution in [2.24, 2.45) is 0 Å². The first-order chi connectivity index (χ1) is 5.88. The molecule has 0 unspecified atom stereocenters. The summed E-state index contributed by atoms with van der Waals surface area (Å²) in [5.74, 6) is 0. The molecule has 0 aliphatic carbocycles. The molecule has 0 N–H and O–H groups in total. The lowest BCUT2D eigenvalue weighted by Gasteiger charge is -1.98. The van der Waals surface area contributed by atoms with E-state index in [0.29, 0.717) is 0 Å². The van der Waals surface area contributed by atoms with Crippen molar-refractivity contribution in [3.05, 3.63) is 39.4 Å². The molecule has 0 radical (unpaired) electrons. The molecule has 3 heteroatoms. The van der Waals surface area contributed by atoms with Crippen molar-refractivity contribution in [3.63, 3.8) is 0 Å². The van der Waals surface area contributed by atoms with Gasteiger partial charge in [0.05, 0.1) is 0 Å². The largest absolute Gasteiger partial charge is 0.201 e. The molecule has 0 amide bonds. The van der Waals surface area contributed by atoms with Crippen molar-refractivity contribution in [1.29, 1.82) is 0 Å². The Morgan fingerprint density at radius 3 is 2.75 bits per heavy atom. The normalized spacial score (nSPS) is 10.1. The van der Waals surface area contributed by atoms with E-state index in [1.165, 1.54) is 26.2 Å². The van der Waals surface area contributed by atoms with Crippen LogP contribution in [0.15, 0.2) is 35.8 Å². The van der Waals surface area contributed by atoms with E-state index in [0.717, 1.165) is 0 Å². The maximum absolute atomic E-state index is 4.08. The third kappa shape index (κ3) is 1.51. The summed E-state index contributed by atoms with van der Waals surface area (Å²) in [6.07, 6.45) is 1.90. The van der Waals surface area contributed by atoms with Gasteiger partial charge in [-0.1, -0.05) is 18.2 Å². The van der Waals surface area contributed by atoms with Gasteiger partial charge in [-0.2, -0.15) is 0 Å². The third-order valence-corrected chi connectivity index (χ3v) is 3.14. The molecule has 2 rings (SSSR count). The molecule has 1 aromatic carbocycles. The van der Waals surface area contributed by atoms with Gasteiger partial charge in [-0.25, -0.2) is 4.37 Å². The van der Waals surface area contributed by atoms with Crippen molar-refractivity contribution >= 4 is 34.1 Å². The monoisotopic (exact) mass is 287 g/mol. The van der Waals surface area contributed by atoms with Crippen molar-refractivity contribution < 1.29 is 0 Å². The lowest BCUT2D eigenvalue weighted by molar-refractivity contribution is 1.54. The van der Waals surface area contributed by atoms with Gasteiger partial charge in [0.2, 0.25) is 0 Å². The van der Waals surface area contributed by atoms with E-state index in [9.17, 15) is 0 Å². The van der Waals surface area contributed by atoms with Crippen LogP contribution in [0.2, 0.25) is 0 Å². The quantitative estimate of drug-likeness (QED) is 0.732. The zero-order valence-electron chi connectivity index (χ0n) is 6.20. The number of nitrogens with zero attached hydrogens (tertiary/aromatic N) is 1. The fourth-order valence-electron chi connectivity index (χ4n) is 1.03. The summed E-state index contributed by atoms with van der Waals surface area (Å²) in [4.78, 5) is 0. The van der Waals surface area contributed by atoms with Gasteiger partial charge >= 0.3 is 0 Å². The van der Waals surface area contributed by atoms with E-state index in [4.69, 9.17) is 0 Å². The van der Waals surface area contributed by atoms with Crippen LogP contribution in [-0.2, 0) is 0 Å². The second kappa shape index (κ2) is 3.53.